The molecule has 1 fully saturated rings. The summed E-state index contributed by atoms with van der Waals surface area (Å²) in [5, 5.41) is 3.64. The highest BCUT2D eigenvalue weighted by Crippen LogP contribution is 2.31. The minimum Gasteiger partial charge on any atom is -0.316 e. The molecule has 1 rings (SSSR count). The van der Waals surface area contributed by atoms with E-state index in [-0.39, 0.29) is 0 Å². The van der Waals surface area contributed by atoms with Crippen molar-refractivity contribution in [2.24, 2.45) is 17.8 Å². The summed E-state index contributed by atoms with van der Waals surface area (Å²) >= 11 is 0. The van der Waals surface area contributed by atoms with Gasteiger partial charge in [0, 0.05) is 0 Å². The van der Waals surface area contributed by atoms with Gasteiger partial charge >= 0.3 is 0 Å². The highest BCUT2D eigenvalue weighted by Gasteiger charge is 2.20. The molecule has 0 aliphatic heterocycles. The quantitative estimate of drug-likeness (QED) is 0.610. The van der Waals surface area contributed by atoms with E-state index in [4.69, 9.17) is 0 Å². The summed E-state index contributed by atoms with van der Waals surface area (Å²) in [6.45, 7) is 9.41. The van der Waals surface area contributed by atoms with Crippen molar-refractivity contribution in [3.8, 4) is 0 Å². The summed E-state index contributed by atoms with van der Waals surface area (Å²) in [6.07, 6.45) is 11.6. The minimum absolute atomic E-state index is 0.840. The third-order valence-corrected chi connectivity index (χ3v) is 4.26. The topological polar surface area (TPSA) is 12.0 Å². The highest BCUT2D eigenvalue weighted by molar-refractivity contribution is 4.74. The van der Waals surface area contributed by atoms with Crippen LogP contribution >= 0.6 is 0 Å². The molecule has 0 spiro atoms. The number of hydrogen-bond donors (Lipinski definition) is 1. The molecule has 17 heavy (non-hydrogen) atoms. The molecule has 1 N–H and O–H groups in total. The second-order valence-corrected chi connectivity index (χ2v) is 6.42. The zero-order valence-corrected chi connectivity index (χ0v) is 12.3. The Balaban J connectivity index is 1.99. The second kappa shape index (κ2) is 8.97. The molecule has 0 radical (unpaired) electrons. The van der Waals surface area contributed by atoms with Gasteiger partial charge < -0.3 is 5.32 Å². The predicted molar refractivity (Wildman–Crippen MR) is 77.3 cm³/mol. The van der Waals surface area contributed by atoms with Gasteiger partial charge in [-0.15, -0.1) is 0 Å². The predicted octanol–water partition coefficient (Wildman–Crippen LogP) is 4.62. The van der Waals surface area contributed by atoms with Crippen molar-refractivity contribution in [3.63, 3.8) is 0 Å². The van der Waals surface area contributed by atoms with E-state index < -0.39 is 0 Å². The van der Waals surface area contributed by atoms with E-state index in [1.807, 2.05) is 0 Å². The van der Waals surface area contributed by atoms with Crippen molar-refractivity contribution < 1.29 is 0 Å². The Morgan fingerprint density at radius 3 is 2.29 bits per heavy atom. The lowest BCUT2D eigenvalue weighted by Crippen LogP contribution is -2.27. The summed E-state index contributed by atoms with van der Waals surface area (Å²) in [4.78, 5) is 0. The second-order valence-electron chi connectivity index (χ2n) is 6.42. The lowest BCUT2D eigenvalue weighted by molar-refractivity contribution is 0.253. The van der Waals surface area contributed by atoms with Crippen LogP contribution in [0.5, 0.6) is 0 Å². The zero-order valence-electron chi connectivity index (χ0n) is 12.3. The molecular formula is C16H33N. The lowest BCUT2D eigenvalue weighted by atomic mass is 9.80. The van der Waals surface area contributed by atoms with Gasteiger partial charge in [-0.1, -0.05) is 52.9 Å². The van der Waals surface area contributed by atoms with Crippen LogP contribution in [0.2, 0.25) is 0 Å². The molecule has 0 heterocycles. The van der Waals surface area contributed by atoms with Crippen LogP contribution in [0.1, 0.15) is 72.1 Å². The van der Waals surface area contributed by atoms with E-state index in [2.05, 4.69) is 26.1 Å². The maximum absolute atomic E-state index is 3.64. The van der Waals surface area contributed by atoms with Crippen LogP contribution in [0.15, 0.2) is 0 Å². The third-order valence-electron chi connectivity index (χ3n) is 4.26. The van der Waals surface area contributed by atoms with Gasteiger partial charge in [0.15, 0.2) is 0 Å². The van der Waals surface area contributed by atoms with Gasteiger partial charge in [-0.3, -0.25) is 0 Å². The van der Waals surface area contributed by atoms with E-state index in [0.29, 0.717) is 0 Å². The third kappa shape index (κ3) is 7.08. The molecule has 1 heteroatoms. The molecule has 0 aromatic heterocycles. The van der Waals surface area contributed by atoms with Crippen molar-refractivity contribution >= 4 is 0 Å². The van der Waals surface area contributed by atoms with Gasteiger partial charge in [0.25, 0.3) is 0 Å². The lowest BCUT2D eigenvalue weighted by Gasteiger charge is -2.28. The molecule has 0 aromatic carbocycles. The number of hydrogen-bond acceptors (Lipinski definition) is 1. The van der Waals surface area contributed by atoms with Crippen molar-refractivity contribution in [2.45, 2.75) is 72.1 Å². The summed E-state index contributed by atoms with van der Waals surface area (Å²) < 4.78 is 0. The Kier molecular flexibility index (Phi) is 7.92. The first-order valence-corrected chi connectivity index (χ1v) is 7.93. The van der Waals surface area contributed by atoms with Gasteiger partial charge in [0.2, 0.25) is 0 Å². The average molecular weight is 239 g/mol. The Bertz CT molecular complexity index is 168. The fourth-order valence-corrected chi connectivity index (χ4v) is 2.91. The zero-order chi connectivity index (χ0) is 12.5. The van der Waals surface area contributed by atoms with Gasteiger partial charge in [-0.25, -0.2) is 0 Å². The summed E-state index contributed by atoms with van der Waals surface area (Å²) in [5.74, 6) is 2.87. The molecule has 0 amide bonds. The smallest absolute Gasteiger partial charge is 0.00205 e. The molecule has 102 valence electrons. The average Bonchev–Trinajstić information content (AvgIpc) is 2.33. The number of unbranched alkanes of at least 4 members (excludes halogenated alkanes) is 1. The Morgan fingerprint density at radius 2 is 1.71 bits per heavy atom. The normalized spacial score (nSPS) is 25.4. The summed E-state index contributed by atoms with van der Waals surface area (Å²) in [7, 11) is 0. The maximum Gasteiger partial charge on any atom is -0.00205 e. The van der Waals surface area contributed by atoms with Crippen LogP contribution in [0, 0.1) is 17.8 Å². The molecule has 0 atom stereocenters. The number of rotatable bonds is 8. The monoisotopic (exact) mass is 239 g/mol. The van der Waals surface area contributed by atoms with Crippen molar-refractivity contribution in [3.05, 3.63) is 0 Å². The van der Waals surface area contributed by atoms with Crippen LogP contribution in [0.4, 0.5) is 0 Å². The van der Waals surface area contributed by atoms with E-state index in [1.54, 1.807) is 0 Å². The standard InChI is InChI=1S/C16H33N/c1-4-5-6-15-7-9-16(10-8-15)13-17-12-11-14(2)3/h14-17H,4-13H2,1-3H3. The van der Waals surface area contributed by atoms with Crippen LogP contribution in [-0.4, -0.2) is 13.1 Å². The van der Waals surface area contributed by atoms with Crippen molar-refractivity contribution in [1.29, 1.82) is 0 Å². The van der Waals surface area contributed by atoms with Crippen molar-refractivity contribution in [2.75, 3.05) is 13.1 Å². The van der Waals surface area contributed by atoms with Crippen LogP contribution in [0.3, 0.4) is 0 Å². The Hall–Kier alpha value is -0.0400. The summed E-state index contributed by atoms with van der Waals surface area (Å²) in [6, 6.07) is 0. The molecule has 0 unspecified atom stereocenters. The maximum atomic E-state index is 3.64. The van der Waals surface area contributed by atoms with E-state index in [1.165, 1.54) is 64.5 Å². The van der Waals surface area contributed by atoms with Gasteiger partial charge in [0.1, 0.15) is 0 Å². The molecule has 1 saturated carbocycles. The van der Waals surface area contributed by atoms with E-state index >= 15 is 0 Å². The van der Waals surface area contributed by atoms with Crippen molar-refractivity contribution in [1.82, 2.24) is 5.32 Å². The van der Waals surface area contributed by atoms with Gasteiger partial charge in [0.05, 0.1) is 0 Å². The minimum atomic E-state index is 0.840. The first kappa shape index (κ1) is 15.0. The fourth-order valence-electron chi connectivity index (χ4n) is 2.91. The Morgan fingerprint density at radius 1 is 1.06 bits per heavy atom. The number of nitrogens with one attached hydrogen (secondary N) is 1. The largest absolute Gasteiger partial charge is 0.316 e. The highest BCUT2D eigenvalue weighted by atomic mass is 14.9. The summed E-state index contributed by atoms with van der Waals surface area (Å²) in [5.41, 5.74) is 0. The molecule has 1 nitrogen and oxygen atoms in total. The van der Waals surface area contributed by atoms with Gasteiger partial charge in [-0.05, 0) is 50.1 Å². The van der Waals surface area contributed by atoms with E-state index in [0.717, 1.165) is 17.8 Å². The molecule has 0 bridgehead atoms. The molecule has 0 aromatic rings. The fraction of sp³-hybridized carbons (Fsp3) is 1.00. The molecule has 1 aliphatic carbocycles. The van der Waals surface area contributed by atoms with Crippen LogP contribution in [-0.2, 0) is 0 Å². The first-order valence-electron chi connectivity index (χ1n) is 7.93. The van der Waals surface area contributed by atoms with Gasteiger partial charge in [-0.2, -0.15) is 0 Å². The molecule has 1 aliphatic rings. The van der Waals surface area contributed by atoms with Crippen LogP contribution < -0.4 is 5.32 Å². The first-order chi connectivity index (χ1) is 8.22. The SMILES string of the molecule is CCCCC1CCC(CNCCC(C)C)CC1. The Labute approximate surface area is 109 Å². The van der Waals surface area contributed by atoms with Crippen LogP contribution in [0.25, 0.3) is 0 Å². The molecular weight excluding hydrogens is 206 g/mol. The van der Waals surface area contributed by atoms with E-state index in [9.17, 15) is 0 Å². The molecule has 0 saturated heterocycles.